The summed E-state index contributed by atoms with van der Waals surface area (Å²) in [4.78, 5) is 13.7. The molecule has 0 bridgehead atoms. The normalized spacial score (nSPS) is 29.9. The van der Waals surface area contributed by atoms with E-state index in [4.69, 9.17) is 0 Å². The molecule has 0 heterocycles. The van der Waals surface area contributed by atoms with Crippen molar-refractivity contribution in [3.8, 4) is 0 Å². The first-order valence-electron chi connectivity index (χ1n) is 6.87. The van der Waals surface area contributed by atoms with E-state index < -0.39 is 11.5 Å². The Morgan fingerprint density at radius 1 is 1.41 bits per heavy atom. The van der Waals surface area contributed by atoms with Crippen molar-refractivity contribution in [2.75, 3.05) is 13.6 Å². The van der Waals surface area contributed by atoms with Crippen molar-refractivity contribution in [1.82, 2.24) is 4.90 Å². The third-order valence-corrected chi connectivity index (χ3v) is 4.28. The highest BCUT2D eigenvalue weighted by atomic mass is 16.4. The van der Waals surface area contributed by atoms with E-state index in [2.05, 4.69) is 25.7 Å². The van der Waals surface area contributed by atoms with Gasteiger partial charge >= 0.3 is 5.97 Å². The van der Waals surface area contributed by atoms with Crippen LogP contribution in [0.2, 0.25) is 0 Å². The lowest BCUT2D eigenvalue weighted by Gasteiger charge is -2.43. The average Bonchev–Trinajstić information content (AvgIpc) is 2.27. The number of hydrogen-bond donors (Lipinski definition) is 1. The standard InChI is InChI=1S/C14H27NO2/c1-5-12-6-8-14(9-7-12,13(16)17)15(4)10-11(2)3/h11-12H,5-10H2,1-4H3,(H,16,17). The molecule has 1 fully saturated rings. The summed E-state index contributed by atoms with van der Waals surface area (Å²) in [5, 5.41) is 9.59. The van der Waals surface area contributed by atoms with Crippen molar-refractivity contribution >= 4 is 5.97 Å². The summed E-state index contributed by atoms with van der Waals surface area (Å²) in [6.45, 7) is 7.35. The molecule has 0 saturated heterocycles. The molecule has 1 N–H and O–H groups in total. The van der Waals surface area contributed by atoms with Gasteiger partial charge in [0.25, 0.3) is 0 Å². The summed E-state index contributed by atoms with van der Waals surface area (Å²) in [5.41, 5.74) is -0.601. The fourth-order valence-electron chi connectivity index (χ4n) is 3.04. The van der Waals surface area contributed by atoms with E-state index in [9.17, 15) is 9.90 Å². The SMILES string of the molecule is CCC1CCC(C(=O)O)(N(C)CC(C)C)CC1. The van der Waals surface area contributed by atoms with Gasteiger partial charge in [-0.1, -0.05) is 27.2 Å². The summed E-state index contributed by atoms with van der Waals surface area (Å²) >= 11 is 0. The fraction of sp³-hybridized carbons (Fsp3) is 0.929. The quantitative estimate of drug-likeness (QED) is 0.804. The van der Waals surface area contributed by atoms with Gasteiger partial charge in [-0.2, -0.15) is 0 Å². The molecule has 1 aliphatic rings. The second-order valence-corrected chi connectivity index (χ2v) is 5.96. The van der Waals surface area contributed by atoms with Crippen LogP contribution in [0.5, 0.6) is 0 Å². The highest BCUT2D eigenvalue weighted by Gasteiger charge is 2.44. The van der Waals surface area contributed by atoms with Crippen LogP contribution >= 0.6 is 0 Å². The molecular weight excluding hydrogens is 214 g/mol. The van der Waals surface area contributed by atoms with Gasteiger partial charge in [-0.3, -0.25) is 9.69 Å². The minimum absolute atomic E-state index is 0.514. The van der Waals surface area contributed by atoms with Crippen molar-refractivity contribution < 1.29 is 9.90 Å². The zero-order chi connectivity index (χ0) is 13.1. The first kappa shape index (κ1) is 14.5. The third kappa shape index (κ3) is 3.21. The number of carbonyl (C=O) groups is 1. The van der Waals surface area contributed by atoms with E-state index >= 15 is 0 Å². The molecule has 0 aromatic rings. The molecule has 17 heavy (non-hydrogen) atoms. The number of rotatable bonds is 5. The Morgan fingerprint density at radius 3 is 2.29 bits per heavy atom. The zero-order valence-corrected chi connectivity index (χ0v) is 11.7. The molecule has 1 aliphatic carbocycles. The lowest BCUT2D eigenvalue weighted by atomic mass is 9.74. The van der Waals surface area contributed by atoms with Gasteiger partial charge in [0.2, 0.25) is 0 Å². The molecule has 3 nitrogen and oxygen atoms in total. The molecule has 0 radical (unpaired) electrons. The molecule has 0 amide bonds. The van der Waals surface area contributed by atoms with Gasteiger partial charge < -0.3 is 5.11 Å². The fourth-order valence-corrected chi connectivity index (χ4v) is 3.04. The highest BCUT2D eigenvalue weighted by Crippen LogP contribution is 2.37. The van der Waals surface area contributed by atoms with Crippen LogP contribution in [-0.2, 0) is 4.79 Å². The van der Waals surface area contributed by atoms with Crippen LogP contribution in [0.4, 0.5) is 0 Å². The van der Waals surface area contributed by atoms with E-state index in [0.717, 1.165) is 38.1 Å². The van der Waals surface area contributed by atoms with E-state index in [1.807, 2.05) is 7.05 Å². The van der Waals surface area contributed by atoms with Gasteiger partial charge in [-0.15, -0.1) is 0 Å². The van der Waals surface area contributed by atoms with Crippen LogP contribution in [-0.4, -0.2) is 35.1 Å². The zero-order valence-electron chi connectivity index (χ0n) is 11.7. The summed E-state index contributed by atoms with van der Waals surface area (Å²) in [6.07, 6.45) is 4.92. The van der Waals surface area contributed by atoms with Gasteiger partial charge in [-0.05, 0) is 44.6 Å². The van der Waals surface area contributed by atoms with Gasteiger partial charge in [0, 0.05) is 6.54 Å². The summed E-state index contributed by atoms with van der Waals surface area (Å²) in [7, 11) is 1.97. The topological polar surface area (TPSA) is 40.5 Å². The van der Waals surface area contributed by atoms with E-state index in [1.165, 1.54) is 6.42 Å². The maximum atomic E-state index is 11.7. The Kier molecular flexibility index (Phi) is 4.99. The maximum absolute atomic E-state index is 11.7. The molecule has 0 unspecified atom stereocenters. The Balaban J connectivity index is 2.74. The lowest BCUT2D eigenvalue weighted by Crippen LogP contribution is -2.55. The van der Waals surface area contributed by atoms with Crippen LogP contribution in [0.25, 0.3) is 0 Å². The number of carboxylic acid groups (broad SMARTS) is 1. The monoisotopic (exact) mass is 241 g/mol. The third-order valence-electron chi connectivity index (χ3n) is 4.28. The number of likely N-dealkylation sites (N-methyl/N-ethyl adjacent to an activating group) is 1. The number of carboxylic acids is 1. The molecule has 0 aromatic carbocycles. The Labute approximate surface area is 105 Å². The second-order valence-electron chi connectivity index (χ2n) is 5.96. The molecule has 1 rings (SSSR count). The van der Waals surface area contributed by atoms with Crippen LogP contribution < -0.4 is 0 Å². The van der Waals surface area contributed by atoms with Gasteiger partial charge in [0.1, 0.15) is 5.54 Å². The predicted molar refractivity (Wildman–Crippen MR) is 70.1 cm³/mol. The Hall–Kier alpha value is -0.570. The molecule has 0 atom stereocenters. The van der Waals surface area contributed by atoms with Crippen molar-refractivity contribution in [1.29, 1.82) is 0 Å². The molecule has 0 aromatic heterocycles. The minimum atomic E-state index is -0.629. The van der Waals surface area contributed by atoms with E-state index in [-0.39, 0.29) is 0 Å². The summed E-state index contributed by atoms with van der Waals surface area (Å²) < 4.78 is 0. The average molecular weight is 241 g/mol. The Morgan fingerprint density at radius 2 is 1.94 bits per heavy atom. The summed E-state index contributed by atoms with van der Waals surface area (Å²) in [6, 6.07) is 0. The number of aliphatic carboxylic acids is 1. The van der Waals surface area contributed by atoms with E-state index in [1.54, 1.807) is 0 Å². The van der Waals surface area contributed by atoms with Crippen molar-refractivity contribution in [2.45, 2.75) is 58.4 Å². The molecule has 100 valence electrons. The first-order chi connectivity index (χ1) is 7.92. The van der Waals surface area contributed by atoms with Gasteiger partial charge in [0.15, 0.2) is 0 Å². The largest absolute Gasteiger partial charge is 0.480 e. The molecule has 1 saturated carbocycles. The number of hydrogen-bond acceptors (Lipinski definition) is 2. The van der Waals surface area contributed by atoms with E-state index in [0.29, 0.717) is 5.92 Å². The van der Waals surface area contributed by atoms with Crippen LogP contribution in [0.1, 0.15) is 52.9 Å². The minimum Gasteiger partial charge on any atom is -0.480 e. The van der Waals surface area contributed by atoms with Crippen molar-refractivity contribution in [3.05, 3.63) is 0 Å². The highest BCUT2D eigenvalue weighted by molar-refractivity contribution is 5.78. The second kappa shape index (κ2) is 5.85. The summed E-state index contributed by atoms with van der Waals surface area (Å²) in [5.74, 6) is 0.616. The lowest BCUT2D eigenvalue weighted by molar-refractivity contribution is -0.154. The number of nitrogens with zero attached hydrogens (tertiary/aromatic N) is 1. The maximum Gasteiger partial charge on any atom is 0.324 e. The van der Waals surface area contributed by atoms with Gasteiger partial charge in [0.05, 0.1) is 0 Å². The van der Waals surface area contributed by atoms with Crippen LogP contribution in [0.15, 0.2) is 0 Å². The van der Waals surface area contributed by atoms with Gasteiger partial charge in [-0.25, -0.2) is 0 Å². The molecular formula is C14H27NO2. The predicted octanol–water partition coefficient (Wildman–Crippen LogP) is 3.00. The van der Waals surface area contributed by atoms with Crippen molar-refractivity contribution in [2.24, 2.45) is 11.8 Å². The first-order valence-corrected chi connectivity index (χ1v) is 6.87. The molecule has 0 spiro atoms. The van der Waals surface area contributed by atoms with Crippen LogP contribution in [0, 0.1) is 11.8 Å². The van der Waals surface area contributed by atoms with Crippen LogP contribution in [0.3, 0.4) is 0 Å². The Bertz CT molecular complexity index is 255. The molecule has 0 aliphatic heterocycles. The van der Waals surface area contributed by atoms with Crippen molar-refractivity contribution in [3.63, 3.8) is 0 Å². The smallest absolute Gasteiger partial charge is 0.324 e. The molecule has 3 heteroatoms.